The Bertz CT molecular complexity index is 980. The van der Waals surface area contributed by atoms with Gasteiger partial charge in [-0.05, 0) is 49.2 Å². The number of halogens is 1. The van der Waals surface area contributed by atoms with E-state index in [1.54, 1.807) is 30.3 Å². The summed E-state index contributed by atoms with van der Waals surface area (Å²) in [5.41, 5.74) is 0.946. The lowest BCUT2D eigenvalue weighted by molar-refractivity contribution is 0.0433. The van der Waals surface area contributed by atoms with Crippen molar-refractivity contribution in [2.75, 3.05) is 44.1 Å². The molecule has 0 bridgehead atoms. The molecule has 7 nitrogen and oxygen atoms in total. The van der Waals surface area contributed by atoms with E-state index >= 15 is 0 Å². The number of nitrogens with zero attached hydrogens (tertiary/aromatic N) is 2. The largest absolute Gasteiger partial charge is 0.377 e. The standard InChI is InChI=1S/C20H24ClN3O4S2/c21-18-7-8-19(29-18)30(26,27)22-16-5-3-15(4-6-16)20(25)24-11-9-23(10-12-24)14-17-2-1-13-28-17/h3-8,17,22H,1-2,9-14H2/t17-/m0/s1. The van der Waals surface area contributed by atoms with E-state index < -0.39 is 10.0 Å². The van der Waals surface area contributed by atoms with Crippen molar-refractivity contribution >= 4 is 44.6 Å². The summed E-state index contributed by atoms with van der Waals surface area (Å²) in [7, 11) is -3.69. The number of piperazine rings is 1. The zero-order chi connectivity index (χ0) is 21.1. The molecule has 1 aromatic heterocycles. The van der Waals surface area contributed by atoms with Crippen molar-refractivity contribution in [3.05, 3.63) is 46.3 Å². The van der Waals surface area contributed by atoms with Crippen LogP contribution in [0.3, 0.4) is 0 Å². The van der Waals surface area contributed by atoms with Crippen LogP contribution in [0.25, 0.3) is 0 Å². The van der Waals surface area contributed by atoms with Crippen LogP contribution in [0.2, 0.25) is 4.34 Å². The van der Waals surface area contributed by atoms with Crippen molar-refractivity contribution in [1.29, 1.82) is 0 Å². The number of carbonyl (C=O) groups is 1. The Hall–Kier alpha value is -1.65. The lowest BCUT2D eigenvalue weighted by Gasteiger charge is -2.35. The fourth-order valence-corrected chi connectivity index (χ4v) is 6.26. The summed E-state index contributed by atoms with van der Waals surface area (Å²) in [6, 6.07) is 9.52. The molecule has 4 rings (SSSR count). The van der Waals surface area contributed by atoms with Gasteiger partial charge >= 0.3 is 0 Å². The molecule has 2 aliphatic rings. The Balaban J connectivity index is 1.32. The topological polar surface area (TPSA) is 79.0 Å². The van der Waals surface area contributed by atoms with Gasteiger partial charge in [0.2, 0.25) is 0 Å². The van der Waals surface area contributed by atoms with Crippen molar-refractivity contribution in [2.45, 2.75) is 23.2 Å². The Kier molecular flexibility index (Phi) is 6.64. The molecule has 1 N–H and O–H groups in total. The Morgan fingerprint density at radius 1 is 1.13 bits per heavy atom. The highest BCUT2D eigenvalue weighted by Gasteiger charge is 2.25. The molecular formula is C20H24ClN3O4S2. The number of carbonyl (C=O) groups excluding carboxylic acids is 1. The summed E-state index contributed by atoms with van der Waals surface area (Å²) >= 11 is 6.82. The number of thiophene rings is 1. The average Bonchev–Trinajstić information content (AvgIpc) is 3.40. The number of rotatable bonds is 6. The predicted molar refractivity (Wildman–Crippen MR) is 118 cm³/mol. The molecule has 30 heavy (non-hydrogen) atoms. The van der Waals surface area contributed by atoms with Crippen LogP contribution < -0.4 is 4.72 Å². The van der Waals surface area contributed by atoms with Crippen LogP contribution in [0.4, 0.5) is 5.69 Å². The molecule has 1 amide bonds. The van der Waals surface area contributed by atoms with Crippen molar-refractivity contribution in [3.63, 3.8) is 0 Å². The molecule has 0 spiro atoms. The van der Waals surface area contributed by atoms with Gasteiger partial charge in [0.1, 0.15) is 4.21 Å². The summed E-state index contributed by atoms with van der Waals surface area (Å²) < 4.78 is 33.5. The van der Waals surface area contributed by atoms with Crippen molar-refractivity contribution in [1.82, 2.24) is 9.80 Å². The lowest BCUT2D eigenvalue weighted by atomic mass is 10.1. The number of nitrogens with one attached hydrogen (secondary N) is 1. The van der Waals surface area contributed by atoms with Crippen molar-refractivity contribution < 1.29 is 17.9 Å². The third-order valence-electron chi connectivity index (χ3n) is 5.34. The molecule has 2 saturated heterocycles. The molecule has 2 aliphatic heterocycles. The molecule has 2 fully saturated rings. The van der Waals surface area contributed by atoms with Gasteiger partial charge in [-0.3, -0.25) is 14.4 Å². The van der Waals surface area contributed by atoms with Crippen LogP contribution in [-0.2, 0) is 14.8 Å². The van der Waals surface area contributed by atoms with Crippen LogP contribution in [0.1, 0.15) is 23.2 Å². The minimum absolute atomic E-state index is 0.0359. The Morgan fingerprint density at radius 3 is 2.47 bits per heavy atom. The third-order valence-corrected chi connectivity index (χ3v) is 8.45. The number of anilines is 1. The molecule has 0 saturated carbocycles. The van der Waals surface area contributed by atoms with E-state index in [4.69, 9.17) is 16.3 Å². The summed E-state index contributed by atoms with van der Waals surface area (Å²) in [5.74, 6) is -0.0359. The number of hydrogen-bond donors (Lipinski definition) is 1. The fraction of sp³-hybridized carbons (Fsp3) is 0.450. The molecule has 0 radical (unpaired) electrons. The Labute approximate surface area is 185 Å². The van der Waals surface area contributed by atoms with Crippen LogP contribution in [0.5, 0.6) is 0 Å². The lowest BCUT2D eigenvalue weighted by Crippen LogP contribution is -2.50. The smallest absolute Gasteiger partial charge is 0.271 e. The molecule has 1 atom stereocenters. The number of hydrogen-bond acceptors (Lipinski definition) is 6. The second-order valence-electron chi connectivity index (χ2n) is 7.47. The first kappa shape index (κ1) is 21.6. The van der Waals surface area contributed by atoms with Gasteiger partial charge in [-0.2, -0.15) is 0 Å². The molecule has 0 aliphatic carbocycles. The van der Waals surface area contributed by atoms with Gasteiger partial charge in [0.05, 0.1) is 10.4 Å². The quantitative estimate of drug-likeness (QED) is 0.703. The first-order valence-electron chi connectivity index (χ1n) is 9.92. The number of ether oxygens (including phenoxy) is 1. The predicted octanol–water partition coefficient (Wildman–Crippen LogP) is 3.14. The maximum Gasteiger partial charge on any atom is 0.271 e. The highest BCUT2D eigenvalue weighted by Crippen LogP contribution is 2.27. The molecule has 2 aromatic rings. The van der Waals surface area contributed by atoms with Gasteiger partial charge < -0.3 is 9.64 Å². The van der Waals surface area contributed by atoms with E-state index in [-0.39, 0.29) is 10.1 Å². The van der Waals surface area contributed by atoms with Gasteiger partial charge in [0.15, 0.2) is 0 Å². The molecule has 3 heterocycles. The van der Waals surface area contributed by atoms with Gasteiger partial charge in [-0.25, -0.2) is 8.42 Å². The molecule has 10 heteroatoms. The maximum absolute atomic E-state index is 12.8. The van der Waals surface area contributed by atoms with Crippen molar-refractivity contribution in [2.24, 2.45) is 0 Å². The highest BCUT2D eigenvalue weighted by atomic mass is 35.5. The van der Waals surface area contributed by atoms with E-state index in [0.717, 1.165) is 50.4 Å². The van der Waals surface area contributed by atoms with Gasteiger partial charge in [-0.15, -0.1) is 11.3 Å². The zero-order valence-electron chi connectivity index (χ0n) is 16.4. The monoisotopic (exact) mass is 469 g/mol. The summed E-state index contributed by atoms with van der Waals surface area (Å²) in [6.07, 6.45) is 2.58. The van der Waals surface area contributed by atoms with Crippen LogP contribution in [0, 0.1) is 0 Å². The minimum atomic E-state index is -3.69. The first-order valence-corrected chi connectivity index (χ1v) is 12.6. The zero-order valence-corrected chi connectivity index (χ0v) is 18.8. The third kappa shape index (κ3) is 5.15. The van der Waals surface area contributed by atoms with Crippen LogP contribution >= 0.6 is 22.9 Å². The molecule has 1 aromatic carbocycles. The number of benzene rings is 1. The number of sulfonamides is 1. The molecule has 162 valence electrons. The van der Waals surface area contributed by atoms with Crippen LogP contribution in [0.15, 0.2) is 40.6 Å². The molecule has 0 unspecified atom stereocenters. The second kappa shape index (κ2) is 9.23. The molecular weight excluding hydrogens is 446 g/mol. The number of amides is 1. The second-order valence-corrected chi connectivity index (χ2v) is 11.1. The van der Waals surface area contributed by atoms with Crippen molar-refractivity contribution in [3.8, 4) is 0 Å². The van der Waals surface area contributed by atoms with Gasteiger partial charge in [0, 0.05) is 50.6 Å². The van der Waals surface area contributed by atoms with E-state index in [2.05, 4.69) is 9.62 Å². The normalized spacial score (nSPS) is 20.4. The first-order chi connectivity index (χ1) is 14.4. The summed E-state index contributed by atoms with van der Waals surface area (Å²) in [5, 5.41) is 0. The highest BCUT2D eigenvalue weighted by molar-refractivity contribution is 7.94. The van der Waals surface area contributed by atoms with E-state index in [0.29, 0.717) is 34.8 Å². The van der Waals surface area contributed by atoms with Gasteiger partial charge in [0.25, 0.3) is 15.9 Å². The maximum atomic E-state index is 12.8. The summed E-state index contributed by atoms with van der Waals surface area (Å²) in [4.78, 5) is 17.0. The van der Waals surface area contributed by atoms with E-state index in [9.17, 15) is 13.2 Å². The Morgan fingerprint density at radius 2 is 1.87 bits per heavy atom. The van der Waals surface area contributed by atoms with Crippen LogP contribution in [-0.4, -0.2) is 69.6 Å². The summed E-state index contributed by atoms with van der Waals surface area (Å²) in [6.45, 7) is 4.83. The van der Waals surface area contributed by atoms with E-state index in [1.165, 1.54) is 6.07 Å². The SMILES string of the molecule is O=C(c1ccc(NS(=O)(=O)c2ccc(Cl)s2)cc1)N1CCN(C[C@@H]2CCCO2)CC1. The fourth-order valence-electron chi connectivity index (χ4n) is 3.72. The van der Waals surface area contributed by atoms with E-state index in [1.807, 2.05) is 4.90 Å². The average molecular weight is 470 g/mol. The van der Waals surface area contributed by atoms with Gasteiger partial charge in [-0.1, -0.05) is 11.6 Å². The minimum Gasteiger partial charge on any atom is -0.377 e.